The number of aromatic nitrogens is 2. The van der Waals surface area contributed by atoms with Crippen molar-refractivity contribution in [1.29, 1.82) is 0 Å². The number of carbonyl (C=O) groups is 1. The van der Waals surface area contributed by atoms with Gasteiger partial charge in [0.2, 0.25) is 5.91 Å². The van der Waals surface area contributed by atoms with E-state index in [1.807, 2.05) is 56.3 Å². The lowest BCUT2D eigenvalue weighted by molar-refractivity contribution is -0.119. The summed E-state index contributed by atoms with van der Waals surface area (Å²) in [4.78, 5) is 30.3. The molecule has 1 heterocycles. The van der Waals surface area contributed by atoms with Gasteiger partial charge in [-0.3, -0.25) is 14.2 Å². The molecule has 3 rings (SSSR count). The second-order valence-corrected chi connectivity index (χ2v) is 8.31. The second kappa shape index (κ2) is 9.80. The third-order valence-corrected chi connectivity index (χ3v) is 5.81. The summed E-state index contributed by atoms with van der Waals surface area (Å²) in [6.45, 7) is 8.60. The van der Waals surface area contributed by atoms with Crippen LogP contribution in [0, 0.1) is 5.92 Å². The number of nitrogens with one attached hydrogen (secondary N) is 1. The Morgan fingerprint density at radius 2 is 1.83 bits per heavy atom. The van der Waals surface area contributed by atoms with E-state index in [0.29, 0.717) is 34.3 Å². The van der Waals surface area contributed by atoms with Crippen molar-refractivity contribution in [3.05, 3.63) is 58.9 Å². The van der Waals surface area contributed by atoms with Crippen molar-refractivity contribution in [3.63, 3.8) is 0 Å². The third-order valence-electron chi connectivity index (χ3n) is 4.87. The van der Waals surface area contributed by atoms with E-state index >= 15 is 0 Å². The highest BCUT2D eigenvalue weighted by molar-refractivity contribution is 7.99. The number of hydrogen-bond donors (Lipinski definition) is 1. The number of amides is 1. The fourth-order valence-electron chi connectivity index (χ4n) is 2.89. The second-order valence-electron chi connectivity index (χ2n) is 7.37. The molecule has 2 aromatic carbocycles. The molecule has 0 spiro atoms. The topological polar surface area (TPSA) is 73.2 Å². The lowest BCUT2D eigenvalue weighted by Gasteiger charge is -2.18. The van der Waals surface area contributed by atoms with E-state index in [1.54, 1.807) is 10.6 Å². The van der Waals surface area contributed by atoms with Crippen LogP contribution in [0.15, 0.2) is 58.5 Å². The summed E-state index contributed by atoms with van der Waals surface area (Å²) in [6, 6.07) is 14.6. The van der Waals surface area contributed by atoms with Crippen LogP contribution in [0.2, 0.25) is 0 Å². The van der Waals surface area contributed by atoms with Gasteiger partial charge in [0.05, 0.1) is 29.0 Å². The van der Waals surface area contributed by atoms with E-state index in [0.717, 1.165) is 5.75 Å². The molecule has 0 aliphatic rings. The third kappa shape index (κ3) is 5.02. The quantitative estimate of drug-likeness (QED) is 0.436. The molecule has 30 heavy (non-hydrogen) atoms. The summed E-state index contributed by atoms with van der Waals surface area (Å²) in [5.41, 5.74) is 1.13. The van der Waals surface area contributed by atoms with Gasteiger partial charge in [0.1, 0.15) is 5.75 Å². The van der Waals surface area contributed by atoms with E-state index in [9.17, 15) is 9.59 Å². The average molecular weight is 426 g/mol. The van der Waals surface area contributed by atoms with Crippen LogP contribution >= 0.6 is 11.8 Å². The number of fused-ring (bicyclic) bond motifs is 1. The van der Waals surface area contributed by atoms with E-state index in [-0.39, 0.29) is 23.3 Å². The predicted octanol–water partition coefficient (Wildman–Crippen LogP) is 4.04. The van der Waals surface area contributed by atoms with Crippen molar-refractivity contribution in [3.8, 4) is 11.4 Å². The van der Waals surface area contributed by atoms with E-state index in [4.69, 9.17) is 4.74 Å². The standard InChI is InChI=1S/C23H27N3O3S/c1-5-29-18-12-10-17(11-13-18)26-22(28)19-8-6-7-9-20(19)25-23(26)30-14-21(27)24-16(4)15(2)3/h6-13,15-16H,5,14H2,1-4H3,(H,24,27)/t16-/m1/s1. The SMILES string of the molecule is CCOc1ccc(-n2c(SCC(=O)N[C@H](C)C(C)C)nc3ccccc3c2=O)cc1. The molecule has 3 aromatic rings. The maximum atomic E-state index is 13.2. The molecule has 0 radical (unpaired) electrons. The first-order chi connectivity index (χ1) is 14.4. The normalized spacial score (nSPS) is 12.2. The zero-order chi connectivity index (χ0) is 21.7. The Hall–Kier alpha value is -2.80. The molecule has 1 atom stereocenters. The van der Waals surface area contributed by atoms with Crippen LogP contribution in [-0.2, 0) is 4.79 Å². The minimum Gasteiger partial charge on any atom is -0.494 e. The number of ether oxygens (including phenoxy) is 1. The van der Waals surface area contributed by atoms with Gasteiger partial charge in [0.25, 0.3) is 5.56 Å². The zero-order valence-corrected chi connectivity index (χ0v) is 18.5. The number of para-hydroxylation sites is 1. The molecule has 0 unspecified atom stereocenters. The number of rotatable bonds is 8. The molecule has 0 bridgehead atoms. The summed E-state index contributed by atoms with van der Waals surface area (Å²) in [5, 5.41) is 4.01. The number of benzene rings is 2. The Morgan fingerprint density at radius 1 is 1.13 bits per heavy atom. The summed E-state index contributed by atoms with van der Waals surface area (Å²) in [5.74, 6) is 1.18. The Morgan fingerprint density at radius 3 is 2.50 bits per heavy atom. The molecular weight excluding hydrogens is 398 g/mol. The minimum atomic E-state index is -0.164. The first-order valence-corrected chi connectivity index (χ1v) is 11.1. The molecule has 0 saturated carbocycles. The summed E-state index contributed by atoms with van der Waals surface area (Å²) in [6.07, 6.45) is 0. The minimum absolute atomic E-state index is 0.0796. The number of nitrogens with zero attached hydrogens (tertiary/aromatic N) is 2. The number of carbonyl (C=O) groups excluding carboxylic acids is 1. The fraction of sp³-hybridized carbons (Fsp3) is 0.348. The van der Waals surface area contributed by atoms with Gasteiger partial charge in [-0.25, -0.2) is 4.98 Å². The van der Waals surface area contributed by atoms with Crippen LogP contribution in [-0.4, -0.2) is 33.9 Å². The largest absolute Gasteiger partial charge is 0.494 e. The number of hydrogen-bond acceptors (Lipinski definition) is 5. The predicted molar refractivity (Wildman–Crippen MR) is 122 cm³/mol. The van der Waals surface area contributed by atoms with Crippen molar-refractivity contribution in [2.24, 2.45) is 5.92 Å². The van der Waals surface area contributed by atoms with Crippen LogP contribution in [0.3, 0.4) is 0 Å². The first-order valence-electron chi connectivity index (χ1n) is 10.1. The molecule has 1 aromatic heterocycles. The van der Waals surface area contributed by atoms with Gasteiger partial charge < -0.3 is 10.1 Å². The van der Waals surface area contributed by atoms with Crippen LogP contribution in [0.25, 0.3) is 16.6 Å². The van der Waals surface area contributed by atoms with Crippen molar-refractivity contribution >= 4 is 28.6 Å². The number of thioether (sulfide) groups is 1. The Bertz CT molecular complexity index is 1080. The van der Waals surface area contributed by atoms with Gasteiger partial charge in [-0.05, 0) is 56.2 Å². The van der Waals surface area contributed by atoms with Gasteiger partial charge in [-0.2, -0.15) is 0 Å². The highest BCUT2D eigenvalue weighted by atomic mass is 32.2. The van der Waals surface area contributed by atoms with Crippen LogP contribution in [0.4, 0.5) is 0 Å². The molecular formula is C23H27N3O3S. The molecule has 1 N–H and O–H groups in total. The summed E-state index contributed by atoms with van der Waals surface area (Å²) < 4.78 is 7.06. The molecule has 0 aliphatic carbocycles. The molecule has 158 valence electrons. The Balaban J connectivity index is 1.97. The van der Waals surface area contributed by atoms with Crippen molar-refractivity contribution in [1.82, 2.24) is 14.9 Å². The van der Waals surface area contributed by atoms with Gasteiger partial charge in [0, 0.05) is 6.04 Å². The van der Waals surface area contributed by atoms with E-state index in [2.05, 4.69) is 24.1 Å². The fourth-order valence-corrected chi connectivity index (χ4v) is 3.71. The smallest absolute Gasteiger partial charge is 0.266 e. The van der Waals surface area contributed by atoms with E-state index in [1.165, 1.54) is 11.8 Å². The lowest BCUT2D eigenvalue weighted by atomic mass is 10.1. The van der Waals surface area contributed by atoms with Crippen LogP contribution in [0.1, 0.15) is 27.7 Å². The maximum absolute atomic E-state index is 13.2. The highest BCUT2D eigenvalue weighted by Crippen LogP contribution is 2.23. The lowest BCUT2D eigenvalue weighted by Crippen LogP contribution is -2.37. The van der Waals surface area contributed by atoms with Gasteiger partial charge in [0.15, 0.2) is 5.16 Å². The van der Waals surface area contributed by atoms with Crippen molar-refractivity contribution in [2.75, 3.05) is 12.4 Å². The zero-order valence-electron chi connectivity index (χ0n) is 17.7. The van der Waals surface area contributed by atoms with Gasteiger partial charge >= 0.3 is 0 Å². The summed E-state index contributed by atoms with van der Waals surface area (Å²) >= 11 is 1.26. The average Bonchev–Trinajstić information content (AvgIpc) is 2.73. The van der Waals surface area contributed by atoms with Crippen LogP contribution < -0.4 is 15.6 Å². The Kier molecular flexibility index (Phi) is 7.15. The first kappa shape index (κ1) is 21.9. The van der Waals surface area contributed by atoms with E-state index < -0.39 is 0 Å². The van der Waals surface area contributed by atoms with Gasteiger partial charge in [-0.1, -0.05) is 37.7 Å². The molecule has 0 aliphatic heterocycles. The molecule has 7 heteroatoms. The monoisotopic (exact) mass is 425 g/mol. The molecule has 1 amide bonds. The molecule has 0 saturated heterocycles. The Labute approximate surface area is 180 Å². The summed E-state index contributed by atoms with van der Waals surface area (Å²) in [7, 11) is 0. The highest BCUT2D eigenvalue weighted by Gasteiger charge is 2.16. The maximum Gasteiger partial charge on any atom is 0.266 e. The van der Waals surface area contributed by atoms with Crippen LogP contribution in [0.5, 0.6) is 5.75 Å². The van der Waals surface area contributed by atoms with Crippen molar-refractivity contribution < 1.29 is 9.53 Å². The van der Waals surface area contributed by atoms with Gasteiger partial charge in [-0.15, -0.1) is 0 Å². The van der Waals surface area contributed by atoms with Crippen molar-refractivity contribution in [2.45, 2.75) is 38.9 Å². The molecule has 6 nitrogen and oxygen atoms in total. The molecule has 0 fully saturated rings.